The van der Waals surface area contributed by atoms with Crippen molar-refractivity contribution in [2.75, 3.05) is 26.2 Å². The van der Waals surface area contributed by atoms with Crippen LogP contribution in [0.2, 0.25) is 6.32 Å². The summed E-state index contributed by atoms with van der Waals surface area (Å²) < 4.78 is 18.2. The highest BCUT2D eigenvalue weighted by Crippen LogP contribution is 2.42. The van der Waals surface area contributed by atoms with Crippen LogP contribution < -0.4 is 0 Å². The highest BCUT2D eigenvalue weighted by molar-refractivity contribution is 6.45. The van der Waals surface area contributed by atoms with Crippen LogP contribution >= 0.6 is 0 Å². The molecule has 3 heterocycles. The van der Waals surface area contributed by atoms with Crippen LogP contribution in [0.4, 0.5) is 4.79 Å². The lowest BCUT2D eigenvalue weighted by molar-refractivity contribution is -0.134. The zero-order valence-electron chi connectivity index (χ0n) is 23.6. The minimum atomic E-state index is -0.821. The minimum absolute atomic E-state index is 0.0701. The first-order chi connectivity index (χ1) is 16.2. The number of nitrogens with zero attached hydrogens (tertiary/aromatic N) is 2. The first kappa shape index (κ1) is 28.5. The molecule has 0 aromatic heterocycles. The summed E-state index contributed by atoms with van der Waals surface area (Å²) in [6.07, 6.45) is 7.23. The van der Waals surface area contributed by atoms with Crippen molar-refractivity contribution in [3.63, 3.8) is 0 Å². The van der Waals surface area contributed by atoms with Gasteiger partial charge in [-0.1, -0.05) is 12.8 Å². The first-order valence-electron chi connectivity index (χ1n) is 13.7. The summed E-state index contributed by atoms with van der Waals surface area (Å²) >= 11 is 0. The number of amides is 1. The molecule has 8 heteroatoms. The Morgan fingerprint density at radius 2 is 1.60 bits per heavy atom. The van der Waals surface area contributed by atoms with E-state index in [9.17, 15) is 9.59 Å². The van der Waals surface area contributed by atoms with Gasteiger partial charge < -0.3 is 18.9 Å². The molecule has 3 rings (SSSR count). The molecule has 3 aliphatic heterocycles. The summed E-state index contributed by atoms with van der Waals surface area (Å²) in [4.78, 5) is 30.8. The van der Waals surface area contributed by atoms with Crippen LogP contribution in [0.25, 0.3) is 0 Å². The van der Waals surface area contributed by atoms with E-state index in [0.717, 1.165) is 38.8 Å². The molecule has 0 aromatic carbocycles. The normalized spacial score (nSPS) is 29.3. The monoisotopic (exact) mass is 492 g/mol. The third-order valence-electron chi connectivity index (χ3n) is 8.58. The fourth-order valence-electron chi connectivity index (χ4n) is 5.77. The van der Waals surface area contributed by atoms with Crippen molar-refractivity contribution in [1.82, 2.24) is 9.80 Å². The van der Waals surface area contributed by atoms with Gasteiger partial charge in [-0.25, -0.2) is 4.79 Å². The molecular weight excluding hydrogens is 443 g/mol. The highest BCUT2D eigenvalue weighted by atomic mass is 16.7. The largest absolute Gasteiger partial charge is 0.457 e. The molecule has 2 atom stereocenters. The third-order valence-corrected chi connectivity index (χ3v) is 8.58. The Bertz CT molecular complexity index is 743. The predicted octanol–water partition coefficient (Wildman–Crippen LogP) is 5.32. The van der Waals surface area contributed by atoms with E-state index in [1.807, 2.05) is 20.8 Å². The molecule has 0 N–H and O–H groups in total. The fourth-order valence-corrected chi connectivity index (χ4v) is 5.77. The van der Waals surface area contributed by atoms with Crippen LogP contribution in [0, 0.1) is 5.92 Å². The lowest BCUT2D eigenvalue weighted by Crippen LogP contribution is -2.62. The number of carbonyl (C=O) groups excluding carboxylic acids is 2. The van der Waals surface area contributed by atoms with Gasteiger partial charge in [-0.15, -0.1) is 0 Å². The second-order valence-corrected chi connectivity index (χ2v) is 13.0. The molecule has 0 radical (unpaired) electrons. The van der Waals surface area contributed by atoms with Crippen molar-refractivity contribution in [1.29, 1.82) is 0 Å². The van der Waals surface area contributed by atoms with Gasteiger partial charge in [0.05, 0.1) is 11.2 Å². The summed E-state index contributed by atoms with van der Waals surface area (Å²) in [5, 5.41) is 0. The predicted molar refractivity (Wildman–Crippen MR) is 139 cm³/mol. The standard InChI is InChI=1S/C27H49BN2O5/c1-21(31)27(14-19-29-16-10-9-11-17-29)20-22(13-18-30(27)23(32)33-24(2,3)4)12-15-28-34-25(5,6)26(7,8)35-28/h22H,9-20H2,1-8H3. The van der Waals surface area contributed by atoms with Crippen molar-refractivity contribution in [2.24, 2.45) is 5.92 Å². The Morgan fingerprint density at radius 3 is 2.14 bits per heavy atom. The number of ketones is 1. The van der Waals surface area contributed by atoms with Crippen molar-refractivity contribution in [3.05, 3.63) is 0 Å². The molecule has 0 spiro atoms. The third kappa shape index (κ3) is 6.81. The van der Waals surface area contributed by atoms with Crippen LogP contribution in [-0.4, -0.2) is 77.3 Å². The van der Waals surface area contributed by atoms with Gasteiger partial charge in [-0.05, 0) is 113 Å². The van der Waals surface area contributed by atoms with E-state index < -0.39 is 11.1 Å². The Morgan fingerprint density at radius 1 is 1.00 bits per heavy atom. The molecular formula is C27H49BN2O5. The molecule has 35 heavy (non-hydrogen) atoms. The van der Waals surface area contributed by atoms with Gasteiger partial charge in [0, 0.05) is 13.1 Å². The van der Waals surface area contributed by atoms with Crippen LogP contribution in [0.3, 0.4) is 0 Å². The zero-order chi connectivity index (χ0) is 26.1. The average molecular weight is 493 g/mol. The molecule has 3 saturated heterocycles. The van der Waals surface area contributed by atoms with Gasteiger partial charge in [0.25, 0.3) is 0 Å². The molecule has 0 saturated carbocycles. The van der Waals surface area contributed by atoms with E-state index in [4.69, 9.17) is 14.0 Å². The van der Waals surface area contributed by atoms with Gasteiger partial charge in [0.1, 0.15) is 11.1 Å². The SMILES string of the molecule is CC(=O)C1(CCN2CCCCC2)CC(CCB2OC(C)(C)C(C)(C)O2)CCN1C(=O)OC(C)(C)C. The van der Waals surface area contributed by atoms with Gasteiger partial charge in [0.15, 0.2) is 5.78 Å². The van der Waals surface area contributed by atoms with Crippen LogP contribution in [0.15, 0.2) is 0 Å². The fraction of sp³-hybridized carbons (Fsp3) is 0.926. The number of ether oxygens (including phenoxy) is 1. The Kier molecular flexibility index (Phi) is 8.70. The molecule has 2 unspecified atom stereocenters. The molecule has 0 aliphatic carbocycles. The topological polar surface area (TPSA) is 68.3 Å². The van der Waals surface area contributed by atoms with Gasteiger partial charge >= 0.3 is 13.2 Å². The molecule has 7 nitrogen and oxygen atoms in total. The molecule has 0 bridgehead atoms. The van der Waals surface area contributed by atoms with Crippen LogP contribution in [0.1, 0.15) is 100 Å². The van der Waals surface area contributed by atoms with Crippen molar-refractivity contribution < 1.29 is 23.6 Å². The van der Waals surface area contributed by atoms with Gasteiger partial charge in [0.2, 0.25) is 0 Å². The number of hydrogen-bond donors (Lipinski definition) is 0. The Hall–Kier alpha value is -1.12. The molecule has 200 valence electrons. The summed E-state index contributed by atoms with van der Waals surface area (Å²) in [5.41, 5.74) is -2.09. The van der Waals surface area contributed by atoms with E-state index in [1.54, 1.807) is 11.8 Å². The summed E-state index contributed by atoms with van der Waals surface area (Å²) in [5.74, 6) is 0.402. The van der Waals surface area contributed by atoms with Crippen molar-refractivity contribution in [3.8, 4) is 0 Å². The van der Waals surface area contributed by atoms with Crippen LogP contribution in [-0.2, 0) is 18.8 Å². The Labute approximate surface area is 213 Å². The highest BCUT2D eigenvalue weighted by Gasteiger charge is 2.52. The number of piperidine rings is 2. The second-order valence-electron chi connectivity index (χ2n) is 13.0. The molecule has 0 aromatic rings. The number of carbonyl (C=O) groups is 2. The van der Waals surface area contributed by atoms with E-state index in [-0.39, 0.29) is 30.2 Å². The average Bonchev–Trinajstić information content (AvgIpc) is 2.96. The number of rotatable bonds is 7. The number of hydrogen-bond acceptors (Lipinski definition) is 6. The number of Topliss-reactive ketones (excluding diaryl/α,β-unsaturated/α-hetero) is 1. The van der Waals surface area contributed by atoms with Crippen molar-refractivity contribution in [2.45, 2.75) is 129 Å². The summed E-state index contributed by atoms with van der Waals surface area (Å²) in [7, 11) is -0.232. The van der Waals surface area contributed by atoms with Crippen molar-refractivity contribution >= 4 is 19.0 Å². The summed E-state index contributed by atoms with van der Waals surface area (Å²) in [6.45, 7) is 19.1. The molecule has 3 aliphatic rings. The first-order valence-corrected chi connectivity index (χ1v) is 13.7. The smallest absolute Gasteiger partial charge is 0.444 e. The maximum absolute atomic E-state index is 13.3. The maximum Gasteiger partial charge on any atom is 0.457 e. The lowest BCUT2D eigenvalue weighted by atomic mass is 9.71. The van der Waals surface area contributed by atoms with Crippen LogP contribution in [0.5, 0.6) is 0 Å². The molecule has 1 amide bonds. The van der Waals surface area contributed by atoms with E-state index in [2.05, 4.69) is 32.6 Å². The molecule has 3 fully saturated rings. The van der Waals surface area contributed by atoms with E-state index in [1.165, 1.54) is 19.3 Å². The summed E-state index contributed by atoms with van der Waals surface area (Å²) in [6, 6.07) is 0. The van der Waals surface area contributed by atoms with Gasteiger partial charge in [-0.2, -0.15) is 0 Å². The van der Waals surface area contributed by atoms with Gasteiger partial charge in [-0.3, -0.25) is 9.69 Å². The zero-order valence-corrected chi connectivity index (χ0v) is 23.6. The van der Waals surface area contributed by atoms with E-state index >= 15 is 0 Å². The number of likely N-dealkylation sites (tertiary alicyclic amines) is 2. The Balaban J connectivity index is 1.73. The quantitative estimate of drug-likeness (QED) is 0.448. The lowest BCUT2D eigenvalue weighted by Gasteiger charge is -2.49. The van der Waals surface area contributed by atoms with E-state index in [0.29, 0.717) is 25.3 Å². The second kappa shape index (κ2) is 10.7. The maximum atomic E-state index is 13.3. The minimum Gasteiger partial charge on any atom is -0.444 e.